The lowest BCUT2D eigenvalue weighted by molar-refractivity contribution is -0.120. The Bertz CT molecular complexity index is 493. The number of hydrogen-bond donors (Lipinski definition) is 2. The molecule has 110 valence electrons. The van der Waals surface area contributed by atoms with Crippen molar-refractivity contribution in [3.05, 3.63) is 24.3 Å². The third kappa shape index (κ3) is 3.89. The Kier molecular flexibility index (Phi) is 4.59. The maximum atomic E-state index is 12.5. The molecule has 0 radical (unpaired) electrons. The molecule has 0 saturated carbocycles. The Morgan fingerprint density at radius 1 is 1.40 bits per heavy atom. The van der Waals surface area contributed by atoms with Gasteiger partial charge in [0.15, 0.2) is 0 Å². The highest BCUT2D eigenvalue weighted by Crippen LogP contribution is 2.40. The van der Waals surface area contributed by atoms with E-state index >= 15 is 0 Å². The predicted molar refractivity (Wildman–Crippen MR) is 72.6 cm³/mol. The van der Waals surface area contributed by atoms with Crippen molar-refractivity contribution in [1.82, 2.24) is 5.32 Å². The zero-order chi connectivity index (χ0) is 14.8. The van der Waals surface area contributed by atoms with E-state index in [9.17, 15) is 18.0 Å². The van der Waals surface area contributed by atoms with E-state index in [1.165, 1.54) is 18.2 Å². The summed E-state index contributed by atoms with van der Waals surface area (Å²) in [5.74, 6) is -0.448. The van der Waals surface area contributed by atoms with Crippen LogP contribution in [0.1, 0.15) is 13.3 Å². The van der Waals surface area contributed by atoms with Crippen LogP contribution in [0.25, 0.3) is 0 Å². The number of rotatable bonds is 3. The molecular formula is C13H15F3N2OS. The molecule has 3 nitrogen and oxygen atoms in total. The van der Waals surface area contributed by atoms with Crippen LogP contribution < -0.4 is 10.6 Å². The van der Waals surface area contributed by atoms with E-state index in [0.29, 0.717) is 6.42 Å². The molecule has 1 fully saturated rings. The van der Waals surface area contributed by atoms with E-state index in [1.54, 1.807) is 6.07 Å². The largest absolute Gasteiger partial charge is 0.446 e. The normalized spacial score (nSPS) is 22.8. The van der Waals surface area contributed by atoms with Crippen LogP contribution in [0.4, 0.5) is 18.9 Å². The minimum Gasteiger partial charge on any atom is -0.325 e. The topological polar surface area (TPSA) is 41.1 Å². The molecule has 1 amide bonds. The van der Waals surface area contributed by atoms with Gasteiger partial charge in [0.25, 0.3) is 0 Å². The summed E-state index contributed by atoms with van der Waals surface area (Å²) in [6.45, 7) is 2.64. The van der Waals surface area contributed by atoms with E-state index in [0.717, 1.165) is 6.54 Å². The molecule has 2 unspecified atom stereocenters. The smallest absolute Gasteiger partial charge is 0.325 e. The van der Waals surface area contributed by atoms with Gasteiger partial charge in [-0.3, -0.25) is 4.79 Å². The molecular weight excluding hydrogens is 289 g/mol. The Morgan fingerprint density at radius 3 is 2.70 bits per heavy atom. The lowest BCUT2D eigenvalue weighted by atomic mass is 10.0. The predicted octanol–water partition coefficient (Wildman–Crippen LogP) is 3.24. The number of nitrogens with one attached hydrogen (secondary N) is 2. The summed E-state index contributed by atoms with van der Waals surface area (Å²) < 4.78 is 37.4. The van der Waals surface area contributed by atoms with Crippen LogP contribution in [-0.4, -0.2) is 24.0 Å². The van der Waals surface area contributed by atoms with E-state index in [2.05, 4.69) is 10.6 Å². The first kappa shape index (κ1) is 15.2. The van der Waals surface area contributed by atoms with Gasteiger partial charge in [0.05, 0.1) is 11.6 Å². The number of alkyl halides is 3. The van der Waals surface area contributed by atoms with Crippen molar-refractivity contribution < 1.29 is 18.0 Å². The van der Waals surface area contributed by atoms with Crippen LogP contribution in [0.15, 0.2) is 29.2 Å². The Hall–Kier alpha value is -1.21. The van der Waals surface area contributed by atoms with Crippen molar-refractivity contribution in [2.45, 2.75) is 29.8 Å². The molecule has 0 aromatic heterocycles. The third-order valence-corrected chi connectivity index (χ3v) is 4.04. The first-order valence-corrected chi connectivity index (χ1v) is 7.07. The molecule has 0 bridgehead atoms. The number of thioether (sulfide) groups is 1. The van der Waals surface area contributed by atoms with E-state index in [4.69, 9.17) is 0 Å². The Morgan fingerprint density at radius 2 is 2.10 bits per heavy atom. The lowest BCUT2D eigenvalue weighted by Gasteiger charge is -2.17. The van der Waals surface area contributed by atoms with Crippen LogP contribution >= 0.6 is 11.8 Å². The molecule has 1 aliphatic heterocycles. The lowest BCUT2D eigenvalue weighted by Crippen LogP contribution is -2.32. The zero-order valence-corrected chi connectivity index (χ0v) is 11.6. The maximum absolute atomic E-state index is 12.5. The third-order valence-electron chi connectivity index (χ3n) is 3.23. The molecule has 2 rings (SSSR count). The minimum absolute atomic E-state index is 0.00644. The van der Waals surface area contributed by atoms with Gasteiger partial charge in [-0.05, 0) is 43.8 Å². The van der Waals surface area contributed by atoms with Crippen molar-refractivity contribution in [2.24, 2.45) is 5.92 Å². The number of hydrogen-bond acceptors (Lipinski definition) is 3. The van der Waals surface area contributed by atoms with Gasteiger partial charge in [0, 0.05) is 10.9 Å². The van der Waals surface area contributed by atoms with Gasteiger partial charge in [0.2, 0.25) is 5.91 Å². The van der Waals surface area contributed by atoms with E-state index < -0.39 is 5.51 Å². The van der Waals surface area contributed by atoms with Gasteiger partial charge >= 0.3 is 5.51 Å². The van der Waals surface area contributed by atoms with Gasteiger partial charge in [-0.1, -0.05) is 12.1 Å². The highest BCUT2D eigenvalue weighted by Gasteiger charge is 2.32. The quantitative estimate of drug-likeness (QED) is 0.842. The number of amides is 1. The number of para-hydroxylation sites is 1. The van der Waals surface area contributed by atoms with Crippen molar-refractivity contribution >= 4 is 23.4 Å². The second-order valence-electron chi connectivity index (χ2n) is 4.67. The SMILES string of the molecule is CC1NCCC1C(=O)Nc1ccccc1SC(F)(F)F. The number of halogens is 3. The second kappa shape index (κ2) is 6.05. The average Bonchev–Trinajstić information content (AvgIpc) is 2.76. The van der Waals surface area contributed by atoms with Gasteiger partial charge < -0.3 is 10.6 Å². The summed E-state index contributed by atoms with van der Waals surface area (Å²) in [7, 11) is 0. The Balaban J connectivity index is 2.11. The number of carbonyl (C=O) groups excluding carboxylic acids is 1. The fraction of sp³-hybridized carbons (Fsp3) is 0.462. The molecule has 1 heterocycles. The van der Waals surface area contributed by atoms with Crippen molar-refractivity contribution in [1.29, 1.82) is 0 Å². The van der Waals surface area contributed by atoms with Crippen molar-refractivity contribution in [3.8, 4) is 0 Å². The first-order valence-electron chi connectivity index (χ1n) is 6.26. The average molecular weight is 304 g/mol. The maximum Gasteiger partial charge on any atom is 0.446 e. The summed E-state index contributed by atoms with van der Waals surface area (Å²) in [5.41, 5.74) is -4.16. The van der Waals surface area contributed by atoms with Gasteiger partial charge in [-0.25, -0.2) is 0 Å². The summed E-state index contributed by atoms with van der Waals surface area (Å²) >= 11 is -0.218. The molecule has 1 saturated heterocycles. The molecule has 2 N–H and O–H groups in total. The minimum atomic E-state index is -4.37. The second-order valence-corrected chi connectivity index (χ2v) is 5.78. The van der Waals surface area contributed by atoms with Gasteiger partial charge in [0.1, 0.15) is 0 Å². The molecule has 0 spiro atoms. The fourth-order valence-corrected chi connectivity index (χ4v) is 2.85. The van der Waals surface area contributed by atoms with Crippen LogP contribution in [0.2, 0.25) is 0 Å². The van der Waals surface area contributed by atoms with Crippen LogP contribution in [-0.2, 0) is 4.79 Å². The molecule has 0 aliphatic carbocycles. The number of anilines is 1. The van der Waals surface area contributed by atoms with E-state index in [-0.39, 0.29) is 40.2 Å². The van der Waals surface area contributed by atoms with Crippen LogP contribution in [0.5, 0.6) is 0 Å². The van der Waals surface area contributed by atoms with Gasteiger partial charge in [-0.2, -0.15) is 13.2 Å². The Labute approximate surface area is 119 Å². The standard InChI is InChI=1S/C13H15F3N2OS/c1-8-9(6-7-17-8)12(19)18-10-4-2-3-5-11(10)20-13(14,15)16/h2-5,8-9,17H,6-7H2,1H3,(H,18,19). The molecule has 1 aromatic rings. The molecule has 1 aromatic carbocycles. The summed E-state index contributed by atoms with van der Waals surface area (Å²) in [6, 6.07) is 6.00. The molecule has 20 heavy (non-hydrogen) atoms. The highest BCUT2D eigenvalue weighted by molar-refractivity contribution is 8.00. The zero-order valence-electron chi connectivity index (χ0n) is 10.8. The first-order chi connectivity index (χ1) is 9.37. The van der Waals surface area contributed by atoms with Crippen LogP contribution in [0.3, 0.4) is 0 Å². The van der Waals surface area contributed by atoms with E-state index in [1.807, 2.05) is 6.92 Å². The number of carbonyl (C=O) groups is 1. The highest BCUT2D eigenvalue weighted by atomic mass is 32.2. The fourth-order valence-electron chi connectivity index (χ4n) is 2.23. The monoisotopic (exact) mass is 304 g/mol. The summed E-state index contributed by atoms with van der Waals surface area (Å²) in [4.78, 5) is 12.1. The van der Waals surface area contributed by atoms with Crippen molar-refractivity contribution in [2.75, 3.05) is 11.9 Å². The summed E-state index contributed by atoms with van der Waals surface area (Å²) in [6.07, 6.45) is 0.696. The molecule has 7 heteroatoms. The molecule has 2 atom stereocenters. The van der Waals surface area contributed by atoms with Crippen LogP contribution in [0, 0.1) is 5.92 Å². The number of benzene rings is 1. The van der Waals surface area contributed by atoms with Gasteiger partial charge in [-0.15, -0.1) is 0 Å². The van der Waals surface area contributed by atoms with Crippen molar-refractivity contribution in [3.63, 3.8) is 0 Å². The molecule has 1 aliphatic rings. The summed E-state index contributed by atoms with van der Waals surface area (Å²) in [5, 5.41) is 5.75.